The maximum absolute atomic E-state index is 11.6. The number of rotatable bonds is 2. The molecule has 0 atom stereocenters. The van der Waals surface area contributed by atoms with Crippen molar-refractivity contribution in [2.45, 2.75) is 6.92 Å². The molecule has 0 aliphatic carbocycles. The molecule has 17 heavy (non-hydrogen) atoms. The lowest BCUT2D eigenvalue weighted by Gasteiger charge is -2.27. The van der Waals surface area contributed by atoms with Gasteiger partial charge in [-0.1, -0.05) is 6.07 Å². The fourth-order valence-electron chi connectivity index (χ4n) is 1.75. The van der Waals surface area contributed by atoms with Crippen molar-refractivity contribution in [1.82, 2.24) is 0 Å². The number of hydrogen-bond donors (Lipinski definition) is 1. The second-order valence-corrected chi connectivity index (χ2v) is 3.83. The third-order valence-electron chi connectivity index (χ3n) is 2.46. The van der Waals surface area contributed by atoms with Gasteiger partial charge in [0.25, 0.3) is 5.91 Å². The number of morpholine rings is 1. The van der Waals surface area contributed by atoms with Crippen LogP contribution in [0, 0.1) is 0 Å². The van der Waals surface area contributed by atoms with Crippen LogP contribution in [0.5, 0.6) is 0 Å². The number of anilines is 2. The lowest BCUT2D eigenvalue weighted by molar-refractivity contribution is -0.125. The number of amides is 2. The molecule has 2 rings (SSSR count). The summed E-state index contributed by atoms with van der Waals surface area (Å²) in [6.45, 7) is 2.65. The molecule has 0 spiro atoms. The second kappa shape index (κ2) is 4.97. The maximum Gasteiger partial charge on any atom is 0.253 e. The Morgan fingerprint density at radius 3 is 3.00 bits per heavy atom. The van der Waals surface area contributed by atoms with Gasteiger partial charge in [0.15, 0.2) is 0 Å². The Morgan fingerprint density at radius 2 is 2.29 bits per heavy atom. The molecule has 1 aromatic rings. The van der Waals surface area contributed by atoms with Gasteiger partial charge >= 0.3 is 0 Å². The van der Waals surface area contributed by atoms with Crippen molar-refractivity contribution < 1.29 is 14.3 Å². The molecule has 1 aliphatic rings. The molecule has 0 aromatic heterocycles. The van der Waals surface area contributed by atoms with Crippen molar-refractivity contribution in [3.05, 3.63) is 24.3 Å². The number of carbonyl (C=O) groups is 2. The molecule has 0 bridgehead atoms. The molecule has 90 valence electrons. The minimum absolute atomic E-state index is 0.0591. The standard InChI is InChI=1S/C12H14N2O3/c1-9(15)13-10-3-2-4-11(7-10)14-5-6-17-8-12(14)16/h2-4,7H,5-6,8H2,1H3,(H,13,15). The van der Waals surface area contributed by atoms with Gasteiger partial charge < -0.3 is 15.0 Å². The lowest BCUT2D eigenvalue weighted by Crippen LogP contribution is -2.41. The highest BCUT2D eigenvalue weighted by Gasteiger charge is 2.20. The van der Waals surface area contributed by atoms with Crippen molar-refractivity contribution in [3.8, 4) is 0 Å². The van der Waals surface area contributed by atoms with Gasteiger partial charge in [0.05, 0.1) is 6.61 Å². The van der Waals surface area contributed by atoms with E-state index < -0.39 is 0 Å². The quantitative estimate of drug-likeness (QED) is 0.830. The molecule has 2 amide bonds. The van der Waals surface area contributed by atoms with Crippen LogP contribution in [0.25, 0.3) is 0 Å². The lowest BCUT2D eigenvalue weighted by atomic mass is 10.2. The molecule has 1 N–H and O–H groups in total. The molecular weight excluding hydrogens is 220 g/mol. The number of nitrogens with zero attached hydrogens (tertiary/aromatic N) is 1. The molecule has 0 unspecified atom stereocenters. The highest BCUT2D eigenvalue weighted by Crippen LogP contribution is 2.20. The van der Waals surface area contributed by atoms with Crippen LogP contribution in [0.15, 0.2) is 24.3 Å². The Morgan fingerprint density at radius 1 is 1.47 bits per heavy atom. The van der Waals surface area contributed by atoms with Crippen LogP contribution in [0.1, 0.15) is 6.92 Å². The number of nitrogens with one attached hydrogen (secondary N) is 1. The molecule has 0 radical (unpaired) electrons. The number of ether oxygens (including phenoxy) is 1. The molecule has 5 heteroatoms. The maximum atomic E-state index is 11.6. The summed E-state index contributed by atoms with van der Waals surface area (Å²) in [5.41, 5.74) is 1.47. The molecule has 1 heterocycles. The first kappa shape index (κ1) is 11.6. The highest BCUT2D eigenvalue weighted by atomic mass is 16.5. The van der Waals surface area contributed by atoms with Crippen LogP contribution >= 0.6 is 0 Å². The van der Waals surface area contributed by atoms with E-state index >= 15 is 0 Å². The van der Waals surface area contributed by atoms with Gasteiger partial charge in [0.1, 0.15) is 6.61 Å². The van der Waals surface area contributed by atoms with E-state index in [4.69, 9.17) is 4.74 Å². The zero-order valence-corrected chi connectivity index (χ0v) is 9.60. The van der Waals surface area contributed by atoms with Crippen molar-refractivity contribution in [1.29, 1.82) is 0 Å². The van der Waals surface area contributed by atoms with E-state index in [2.05, 4.69) is 5.32 Å². The van der Waals surface area contributed by atoms with Crippen LogP contribution in [0.2, 0.25) is 0 Å². The van der Waals surface area contributed by atoms with Crippen molar-refractivity contribution in [2.24, 2.45) is 0 Å². The molecule has 1 fully saturated rings. The summed E-state index contributed by atoms with van der Waals surface area (Å²) in [5.74, 6) is -0.188. The van der Waals surface area contributed by atoms with Gasteiger partial charge in [-0.3, -0.25) is 9.59 Å². The fourth-order valence-corrected chi connectivity index (χ4v) is 1.75. The normalized spacial score (nSPS) is 15.8. The Kier molecular flexibility index (Phi) is 3.39. The average molecular weight is 234 g/mol. The zero-order chi connectivity index (χ0) is 12.3. The van der Waals surface area contributed by atoms with E-state index in [1.54, 1.807) is 17.0 Å². The van der Waals surface area contributed by atoms with Crippen molar-refractivity contribution >= 4 is 23.2 Å². The largest absolute Gasteiger partial charge is 0.370 e. The van der Waals surface area contributed by atoms with Crippen molar-refractivity contribution in [3.63, 3.8) is 0 Å². The van der Waals surface area contributed by atoms with E-state index in [1.807, 2.05) is 12.1 Å². The van der Waals surface area contributed by atoms with Crippen molar-refractivity contribution in [2.75, 3.05) is 30.0 Å². The van der Waals surface area contributed by atoms with Gasteiger partial charge in [-0.25, -0.2) is 0 Å². The molecule has 0 saturated carbocycles. The first-order chi connectivity index (χ1) is 8.16. The Balaban J connectivity index is 2.19. The summed E-state index contributed by atoms with van der Waals surface area (Å²) in [6, 6.07) is 7.22. The summed E-state index contributed by atoms with van der Waals surface area (Å²) in [5, 5.41) is 2.69. The minimum Gasteiger partial charge on any atom is -0.370 e. The first-order valence-corrected chi connectivity index (χ1v) is 5.42. The Bertz CT molecular complexity index is 445. The van der Waals surface area contributed by atoms with Crippen LogP contribution in [-0.2, 0) is 14.3 Å². The number of benzene rings is 1. The molecule has 1 aromatic carbocycles. The average Bonchev–Trinajstić information content (AvgIpc) is 2.29. The molecular formula is C12H14N2O3. The molecule has 5 nitrogen and oxygen atoms in total. The first-order valence-electron chi connectivity index (χ1n) is 5.42. The van der Waals surface area contributed by atoms with E-state index in [0.29, 0.717) is 18.8 Å². The molecule has 1 saturated heterocycles. The summed E-state index contributed by atoms with van der Waals surface area (Å²) in [4.78, 5) is 24.3. The van der Waals surface area contributed by atoms with E-state index in [1.165, 1.54) is 6.92 Å². The van der Waals surface area contributed by atoms with E-state index in [0.717, 1.165) is 5.69 Å². The molecule has 1 aliphatic heterocycles. The topological polar surface area (TPSA) is 58.6 Å². The third kappa shape index (κ3) is 2.82. The van der Waals surface area contributed by atoms with E-state index in [9.17, 15) is 9.59 Å². The fraction of sp³-hybridized carbons (Fsp3) is 0.333. The van der Waals surface area contributed by atoms with Gasteiger partial charge in [0.2, 0.25) is 5.91 Å². The SMILES string of the molecule is CC(=O)Nc1cccc(N2CCOCC2=O)c1. The predicted octanol–water partition coefficient (Wildman–Crippen LogP) is 1.01. The van der Waals surface area contributed by atoms with Gasteiger partial charge in [-0.05, 0) is 18.2 Å². The van der Waals surface area contributed by atoms with Gasteiger partial charge in [0, 0.05) is 24.8 Å². The van der Waals surface area contributed by atoms with Crippen LogP contribution in [0.4, 0.5) is 11.4 Å². The number of hydrogen-bond acceptors (Lipinski definition) is 3. The number of carbonyl (C=O) groups excluding carboxylic acids is 2. The second-order valence-electron chi connectivity index (χ2n) is 3.83. The summed E-state index contributed by atoms with van der Waals surface area (Å²) >= 11 is 0. The van der Waals surface area contributed by atoms with Crippen LogP contribution in [0.3, 0.4) is 0 Å². The predicted molar refractivity (Wildman–Crippen MR) is 63.9 cm³/mol. The smallest absolute Gasteiger partial charge is 0.253 e. The Hall–Kier alpha value is -1.88. The van der Waals surface area contributed by atoms with Crippen LogP contribution in [-0.4, -0.2) is 31.6 Å². The third-order valence-corrected chi connectivity index (χ3v) is 2.46. The highest BCUT2D eigenvalue weighted by molar-refractivity contribution is 5.96. The van der Waals surface area contributed by atoms with Crippen LogP contribution < -0.4 is 10.2 Å². The summed E-state index contributed by atoms with van der Waals surface area (Å²) < 4.78 is 5.07. The summed E-state index contributed by atoms with van der Waals surface area (Å²) in [6.07, 6.45) is 0. The minimum atomic E-state index is -0.129. The Labute approximate surface area is 99.4 Å². The van der Waals surface area contributed by atoms with Gasteiger partial charge in [-0.2, -0.15) is 0 Å². The zero-order valence-electron chi connectivity index (χ0n) is 9.60. The van der Waals surface area contributed by atoms with E-state index in [-0.39, 0.29) is 18.4 Å². The monoisotopic (exact) mass is 234 g/mol. The van der Waals surface area contributed by atoms with Gasteiger partial charge in [-0.15, -0.1) is 0 Å². The summed E-state index contributed by atoms with van der Waals surface area (Å²) in [7, 11) is 0.